The largest absolute Gasteiger partial charge is 0.434 e. The van der Waals surface area contributed by atoms with Crippen LogP contribution >= 0.6 is 0 Å². The van der Waals surface area contributed by atoms with E-state index in [1.807, 2.05) is 24.3 Å². The van der Waals surface area contributed by atoms with E-state index in [1.165, 1.54) is 0 Å². The zero-order chi connectivity index (χ0) is 22.7. The van der Waals surface area contributed by atoms with Crippen LogP contribution in [0.2, 0.25) is 0 Å². The third kappa shape index (κ3) is 4.90. The van der Waals surface area contributed by atoms with Crippen molar-refractivity contribution >= 4 is 5.82 Å². The number of alkyl halides is 3. The average molecular weight is 446 g/mol. The van der Waals surface area contributed by atoms with Crippen molar-refractivity contribution < 1.29 is 17.6 Å². The van der Waals surface area contributed by atoms with Crippen LogP contribution in [-0.4, -0.2) is 32.2 Å². The Morgan fingerprint density at radius 3 is 2.56 bits per heavy atom. The molecule has 7 nitrogen and oxygen atoms in total. The molecule has 1 saturated carbocycles. The van der Waals surface area contributed by atoms with Gasteiger partial charge in [-0.1, -0.05) is 31.5 Å². The molecule has 0 spiro atoms. The topological polar surface area (TPSA) is 88.8 Å². The second-order valence-electron chi connectivity index (χ2n) is 7.97. The third-order valence-electron chi connectivity index (χ3n) is 5.90. The molecule has 2 aromatic heterocycles. The number of hydrogen-bond donors (Lipinski definition) is 2. The van der Waals surface area contributed by atoms with E-state index in [1.54, 1.807) is 6.92 Å². The number of rotatable bonds is 7. The Morgan fingerprint density at radius 2 is 1.91 bits per heavy atom. The number of hydrogen-bond acceptors (Lipinski definition) is 7. The summed E-state index contributed by atoms with van der Waals surface area (Å²) in [4.78, 5) is 7.45. The molecule has 1 aliphatic carbocycles. The summed E-state index contributed by atoms with van der Waals surface area (Å²) in [5, 5.41) is 15.0. The number of aryl methyl sites for hydroxylation is 1. The molecule has 170 valence electrons. The van der Waals surface area contributed by atoms with Crippen molar-refractivity contribution in [3.63, 3.8) is 0 Å². The molecular formula is C22H25F3N6O. The van der Waals surface area contributed by atoms with E-state index < -0.39 is 11.9 Å². The Labute approximate surface area is 183 Å². The predicted octanol–water partition coefficient (Wildman–Crippen LogP) is 4.61. The van der Waals surface area contributed by atoms with Crippen LogP contribution in [0.3, 0.4) is 0 Å². The van der Waals surface area contributed by atoms with E-state index in [4.69, 9.17) is 4.42 Å². The minimum atomic E-state index is -4.50. The molecule has 3 atom stereocenters. The van der Waals surface area contributed by atoms with Crippen molar-refractivity contribution in [1.82, 2.24) is 25.5 Å². The summed E-state index contributed by atoms with van der Waals surface area (Å²) in [5.41, 5.74) is 0.914. The molecule has 0 radical (unpaired) electrons. The molecule has 0 saturated heterocycles. The molecule has 1 unspecified atom stereocenters. The number of nitrogens with zero attached hydrogens (tertiary/aromatic N) is 4. The van der Waals surface area contributed by atoms with Crippen LogP contribution in [0.15, 0.2) is 41.1 Å². The van der Waals surface area contributed by atoms with Gasteiger partial charge in [0, 0.05) is 31.1 Å². The highest BCUT2D eigenvalue weighted by molar-refractivity contribution is 5.58. The van der Waals surface area contributed by atoms with Gasteiger partial charge in [-0.3, -0.25) is 0 Å². The fourth-order valence-corrected chi connectivity index (χ4v) is 4.24. The lowest BCUT2D eigenvalue weighted by Crippen LogP contribution is -2.43. The first-order chi connectivity index (χ1) is 15.3. The van der Waals surface area contributed by atoms with Gasteiger partial charge in [0.2, 0.25) is 11.8 Å². The molecule has 0 amide bonds. The van der Waals surface area contributed by atoms with E-state index in [0.29, 0.717) is 30.1 Å². The Morgan fingerprint density at radius 1 is 1.09 bits per heavy atom. The first-order valence-electron chi connectivity index (χ1n) is 10.6. The number of aromatic nitrogens is 4. The van der Waals surface area contributed by atoms with Crippen molar-refractivity contribution in [2.75, 3.05) is 5.32 Å². The zero-order valence-electron chi connectivity index (χ0n) is 17.9. The first-order valence-corrected chi connectivity index (χ1v) is 10.6. The van der Waals surface area contributed by atoms with Crippen LogP contribution in [0.4, 0.5) is 19.0 Å². The first kappa shape index (κ1) is 22.2. The van der Waals surface area contributed by atoms with Crippen LogP contribution in [0.5, 0.6) is 0 Å². The SMILES string of the molecule is CCC1CC[C@H](NCc2ccccc2-c2nnc(C)o2)[C@H]1Nc1cnc(C(F)(F)F)cn1. The molecule has 10 heteroatoms. The smallest absolute Gasteiger partial charge is 0.421 e. The average Bonchev–Trinajstić information content (AvgIpc) is 3.38. The van der Waals surface area contributed by atoms with E-state index in [0.717, 1.165) is 42.8 Å². The Balaban J connectivity index is 1.47. The molecular weight excluding hydrogens is 421 g/mol. The minimum Gasteiger partial charge on any atom is -0.421 e. The highest BCUT2D eigenvalue weighted by atomic mass is 19.4. The molecule has 3 aromatic rings. The molecule has 0 bridgehead atoms. The third-order valence-corrected chi connectivity index (χ3v) is 5.90. The fraction of sp³-hybridized carbons (Fsp3) is 0.455. The maximum Gasteiger partial charge on any atom is 0.434 e. The maximum atomic E-state index is 12.8. The lowest BCUT2D eigenvalue weighted by Gasteiger charge is -2.27. The molecule has 0 aliphatic heterocycles. The summed E-state index contributed by atoms with van der Waals surface area (Å²) in [6.07, 6.45) is 0.346. The van der Waals surface area contributed by atoms with Gasteiger partial charge in [0.05, 0.1) is 12.4 Å². The van der Waals surface area contributed by atoms with E-state index >= 15 is 0 Å². The number of nitrogens with one attached hydrogen (secondary N) is 2. The predicted molar refractivity (Wildman–Crippen MR) is 113 cm³/mol. The minimum absolute atomic E-state index is 0.0313. The number of benzene rings is 1. The van der Waals surface area contributed by atoms with E-state index in [-0.39, 0.29) is 12.1 Å². The summed E-state index contributed by atoms with van der Waals surface area (Å²) in [5.74, 6) is 1.71. The number of anilines is 1. The van der Waals surface area contributed by atoms with Gasteiger partial charge < -0.3 is 15.1 Å². The molecule has 1 aromatic carbocycles. The van der Waals surface area contributed by atoms with Crippen molar-refractivity contribution in [3.05, 3.63) is 53.8 Å². The zero-order valence-corrected chi connectivity index (χ0v) is 17.9. The molecule has 4 rings (SSSR count). The fourth-order valence-electron chi connectivity index (χ4n) is 4.24. The van der Waals surface area contributed by atoms with Crippen molar-refractivity contribution in [2.24, 2.45) is 5.92 Å². The lowest BCUT2D eigenvalue weighted by molar-refractivity contribution is -0.141. The van der Waals surface area contributed by atoms with Crippen LogP contribution in [-0.2, 0) is 12.7 Å². The van der Waals surface area contributed by atoms with Crippen molar-refractivity contribution in [2.45, 2.75) is 57.9 Å². The molecule has 2 heterocycles. The lowest BCUT2D eigenvalue weighted by atomic mass is 9.98. The highest BCUT2D eigenvalue weighted by Crippen LogP contribution is 2.32. The van der Waals surface area contributed by atoms with E-state index in [2.05, 4.69) is 37.7 Å². The quantitative estimate of drug-likeness (QED) is 0.548. The Bertz CT molecular complexity index is 1040. The van der Waals surface area contributed by atoms with Crippen LogP contribution < -0.4 is 10.6 Å². The van der Waals surface area contributed by atoms with Crippen molar-refractivity contribution in [3.8, 4) is 11.5 Å². The van der Waals surface area contributed by atoms with E-state index in [9.17, 15) is 13.2 Å². The molecule has 1 fully saturated rings. The van der Waals surface area contributed by atoms with Crippen LogP contribution in [0.25, 0.3) is 11.5 Å². The van der Waals surface area contributed by atoms with Gasteiger partial charge in [-0.15, -0.1) is 10.2 Å². The van der Waals surface area contributed by atoms with Gasteiger partial charge in [0.1, 0.15) is 5.82 Å². The van der Waals surface area contributed by atoms with Crippen molar-refractivity contribution in [1.29, 1.82) is 0 Å². The molecule has 1 aliphatic rings. The second kappa shape index (κ2) is 9.23. The Hall–Kier alpha value is -3.01. The van der Waals surface area contributed by atoms with Crippen LogP contribution in [0.1, 0.15) is 43.3 Å². The summed E-state index contributed by atoms with van der Waals surface area (Å²) in [6, 6.07) is 8.00. The van der Waals surface area contributed by atoms with Gasteiger partial charge >= 0.3 is 6.18 Å². The summed E-state index contributed by atoms with van der Waals surface area (Å²) >= 11 is 0. The van der Waals surface area contributed by atoms with Gasteiger partial charge in [-0.2, -0.15) is 13.2 Å². The molecule has 2 N–H and O–H groups in total. The van der Waals surface area contributed by atoms with Gasteiger partial charge in [-0.05, 0) is 30.4 Å². The Kier molecular flexibility index (Phi) is 6.40. The van der Waals surface area contributed by atoms with Gasteiger partial charge in [0.25, 0.3) is 0 Å². The van der Waals surface area contributed by atoms with Crippen LogP contribution in [0, 0.1) is 12.8 Å². The number of halogens is 3. The molecule has 32 heavy (non-hydrogen) atoms. The normalized spacial score (nSPS) is 21.1. The summed E-state index contributed by atoms with van der Waals surface area (Å²) in [7, 11) is 0. The monoisotopic (exact) mass is 446 g/mol. The summed E-state index contributed by atoms with van der Waals surface area (Å²) < 4.78 is 43.9. The highest BCUT2D eigenvalue weighted by Gasteiger charge is 2.36. The second-order valence-corrected chi connectivity index (χ2v) is 7.97. The van der Waals surface area contributed by atoms with Gasteiger partial charge in [0.15, 0.2) is 5.69 Å². The maximum absolute atomic E-state index is 12.8. The standard InChI is InChI=1S/C22H25F3N6O/c1-3-14-8-9-17(20(14)29-19-12-27-18(11-28-19)22(23,24)25)26-10-15-6-4-5-7-16(15)21-31-30-13(2)32-21/h4-7,11-12,14,17,20,26H,3,8-10H2,1-2H3,(H,28,29)/t14?,17-,20-/m0/s1. The summed E-state index contributed by atoms with van der Waals surface area (Å²) in [6.45, 7) is 4.46. The van der Waals surface area contributed by atoms with Gasteiger partial charge in [-0.25, -0.2) is 9.97 Å².